The van der Waals surface area contributed by atoms with Gasteiger partial charge in [0.1, 0.15) is 12.4 Å². The van der Waals surface area contributed by atoms with Crippen molar-refractivity contribution in [3.63, 3.8) is 0 Å². The average Bonchev–Trinajstić information content (AvgIpc) is 2.86. The molecule has 0 N–H and O–H groups in total. The number of benzene rings is 1. The molecule has 7 heteroatoms. The first kappa shape index (κ1) is 14.8. The summed E-state index contributed by atoms with van der Waals surface area (Å²) in [5.41, 5.74) is -0.119. The van der Waals surface area contributed by atoms with Crippen LogP contribution in [0.5, 0.6) is 0 Å². The van der Waals surface area contributed by atoms with Gasteiger partial charge in [-0.1, -0.05) is 12.0 Å². The van der Waals surface area contributed by atoms with E-state index in [1.54, 1.807) is 26.0 Å². The molecule has 0 bridgehead atoms. The summed E-state index contributed by atoms with van der Waals surface area (Å²) < 4.78 is 17.2. The van der Waals surface area contributed by atoms with Crippen LogP contribution in [0.4, 0.5) is 4.39 Å². The van der Waals surface area contributed by atoms with Crippen molar-refractivity contribution in [3.8, 4) is 17.5 Å². The van der Waals surface area contributed by atoms with Gasteiger partial charge in [-0.15, -0.1) is 11.0 Å². The molecule has 0 aliphatic heterocycles. The van der Waals surface area contributed by atoms with Gasteiger partial charge >= 0.3 is 11.2 Å². The monoisotopic (exact) mass is 312 g/mol. The van der Waals surface area contributed by atoms with Crippen LogP contribution in [0.1, 0.15) is 12.5 Å². The van der Waals surface area contributed by atoms with Crippen LogP contribution in [0, 0.1) is 24.6 Å². The summed E-state index contributed by atoms with van der Waals surface area (Å²) in [5, 5.41) is 4.01. The normalized spacial score (nSPS) is 10.6. The summed E-state index contributed by atoms with van der Waals surface area (Å²) in [6.07, 6.45) is 2.85. The van der Waals surface area contributed by atoms with Crippen LogP contribution in [0.25, 0.3) is 11.3 Å². The summed E-state index contributed by atoms with van der Waals surface area (Å²) in [7, 11) is 0. The minimum absolute atomic E-state index is 0.0311. The fourth-order valence-electron chi connectivity index (χ4n) is 2.20. The molecule has 2 heterocycles. The van der Waals surface area contributed by atoms with E-state index in [1.807, 2.05) is 0 Å². The molecule has 0 saturated carbocycles. The predicted octanol–water partition coefficient (Wildman–Crippen LogP) is 1.12. The maximum absolute atomic E-state index is 13.7. The number of hydrogen-bond donors (Lipinski definition) is 0. The SMILES string of the molecule is CC#CCn1nc2c(=O)n(-c3ccc(C)c(F)c3)ccn2c1=O. The van der Waals surface area contributed by atoms with Gasteiger partial charge in [0.15, 0.2) is 0 Å². The van der Waals surface area contributed by atoms with Crippen molar-refractivity contribution in [3.05, 3.63) is 62.8 Å². The van der Waals surface area contributed by atoms with Gasteiger partial charge in [0.05, 0.1) is 5.69 Å². The molecule has 0 spiro atoms. The van der Waals surface area contributed by atoms with Crippen molar-refractivity contribution in [1.29, 1.82) is 0 Å². The summed E-state index contributed by atoms with van der Waals surface area (Å²) >= 11 is 0. The van der Waals surface area contributed by atoms with E-state index in [1.165, 1.54) is 23.0 Å². The fourth-order valence-corrected chi connectivity index (χ4v) is 2.20. The van der Waals surface area contributed by atoms with E-state index in [0.29, 0.717) is 11.3 Å². The lowest BCUT2D eigenvalue weighted by Gasteiger charge is -2.06. The van der Waals surface area contributed by atoms with E-state index < -0.39 is 17.1 Å². The van der Waals surface area contributed by atoms with Crippen molar-refractivity contribution < 1.29 is 4.39 Å². The molecule has 23 heavy (non-hydrogen) atoms. The van der Waals surface area contributed by atoms with Crippen LogP contribution >= 0.6 is 0 Å². The highest BCUT2D eigenvalue weighted by Gasteiger charge is 2.12. The lowest BCUT2D eigenvalue weighted by Crippen LogP contribution is -2.24. The highest BCUT2D eigenvalue weighted by atomic mass is 19.1. The molecule has 0 aliphatic carbocycles. The van der Waals surface area contributed by atoms with Gasteiger partial charge in [0.25, 0.3) is 0 Å². The molecule has 0 fully saturated rings. The van der Waals surface area contributed by atoms with Crippen LogP contribution in [-0.4, -0.2) is 18.7 Å². The molecular weight excluding hydrogens is 299 g/mol. The lowest BCUT2D eigenvalue weighted by atomic mass is 10.2. The zero-order valence-electron chi connectivity index (χ0n) is 12.6. The van der Waals surface area contributed by atoms with E-state index in [4.69, 9.17) is 0 Å². The van der Waals surface area contributed by atoms with Gasteiger partial charge in [-0.2, -0.15) is 0 Å². The van der Waals surface area contributed by atoms with Crippen molar-refractivity contribution >= 4 is 5.65 Å². The van der Waals surface area contributed by atoms with E-state index in [9.17, 15) is 14.0 Å². The molecule has 3 rings (SSSR count). The lowest BCUT2D eigenvalue weighted by molar-refractivity contribution is 0.617. The van der Waals surface area contributed by atoms with Crippen LogP contribution in [-0.2, 0) is 6.54 Å². The van der Waals surface area contributed by atoms with Gasteiger partial charge in [-0.25, -0.2) is 18.3 Å². The number of aryl methyl sites for hydroxylation is 1. The zero-order chi connectivity index (χ0) is 16.6. The molecular formula is C16H13FN4O2. The maximum Gasteiger partial charge on any atom is 0.351 e. The van der Waals surface area contributed by atoms with Gasteiger partial charge in [0, 0.05) is 12.4 Å². The van der Waals surface area contributed by atoms with Gasteiger partial charge in [-0.3, -0.25) is 9.36 Å². The molecule has 0 unspecified atom stereocenters. The largest absolute Gasteiger partial charge is 0.351 e. The van der Waals surface area contributed by atoms with Crippen LogP contribution < -0.4 is 11.2 Å². The Morgan fingerprint density at radius 3 is 2.74 bits per heavy atom. The Bertz CT molecular complexity index is 1080. The molecule has 2 aromatic heterocycles. The number of fused-ring (bicyclic) bond motifs is 1. The Balaban J connectivity index is 2.22. The minimum Gasteiger partial charge on any atom is -0.279 e. The minimum atomic E-state index is -0.504. The second-order valence-corrected chi connectivity index (χ2v) is 4.97. The number of aromatic nitrogens is 4. The van der Waals surface area contributed by atoms with E-state index in [2.05, 4.69) is 16.9 Å². The number of halogens is 1. The van der Waals surface area contributed by atoms with Crippen molar-refractivity contribution in [2.45, 2.75) is 20.4 Å². The second kappa shape index (κ2) is 5.57. The Morgan fingerprint density at radius 1 is 1.26 bits per heavy atom. The van der Waals surface area contributed by atoms with Crippen LogP contribution in [0.2, 0.25) is 0 Å². The zero-order valence-corrected chi connectivity index (χ0v) is 12.6. The molecule has 0 aliphatic rings. The molecule has 0 atom stereocenters. The smallest absolute Gasteiger partial charge is 0.279 e. The predicted molar refractivity (Wildman–Crippen MR) is 83.2 cm³/mol. The summed E-state index contributed by atoms with van der Waals surface area (Å²) in [5.74, 6) is 4.98. The number of nitrogens with zero attached hydrogens (tertiary/aromatic N) is 4. The Labute approximate surface area is 130 Å². The van der Waals surface area contributed by atoms with Crippen molar-refractivity contribution in [1.82, 2.24) is 18.7 Å². The van der Waals surface area contributed by atoms with E-state index in [0.717, 1.165) is 9.08 Å². The maximum atomic E-state index is 13.7. The average molecular weight is 312 g/mol. The molecule has 3 aromatic rings. The summed E-state index contributed by atoms with van der Waals surface area (Å²) in [6, 6.07) is 4.49. The quantitative estimate of drug-likeness (QED) is 0.666. The third-order valence-corrected chi connectivity index (χ3v) is 3.48. The first-order valence-electron chi connectivity index (χ1n) is 6.90. The highest BCUT2D eigenvalue weighted by molar-refractivity contribution is 5.41. The second-order valence-electron chi connectivity index (χ2n) is 4.97. The van der Waals surface area contributed by atoms with Crippen molar-refractivity contribution in [2.75, 3.05) is 0 Å². The first-order chi connectivity index (χ1) is 11.0. The van der Waals surface area contributed by atoms with Crippen LogP contribution in [0.15, 0.2) is 40.2 Å². The standard InChI is InChI=1S/C16H13FN4O2/c1-3-4-7-21-16(23)20-9-8-19(15(22)14(20)18-21)12-6-5-11(2)13(17)10-12/h5-6,8-10H,7H2,1-2H3. The molecule has 1 aromatic carbocycles. The van der Waals surface area contributed by atoms with E-state index >= 15 is 0 Å². The number of hydrogen-bond acceptors (Lipinski definition) is 3. The third-order valence-electron chi connectivity index (χ3n) is 3.48. The first-order valence-corrected chi connectivity index (χ1v) is 6.90. The van der Waals surface area contributed by atoms with Crippen molar-refractivity contribution in [2.24, 2.45) is 0 Å². The molecule has 0 saturated heterocycles. The molecule has 0 radical (unpaired) electrons. The number of rotatable bonds is 2. The van der Waals surface area contributed by atoms with Gasteiger partial charge in [-0.05, 0) is 31.5 Å². The highest BCUT2D eigenvalue weighted by Crippen LogP contribution is 2.12. The van der Waals surface area contributed by atoms with Crippen LogP contribution in [0.3, 0.4) is 0 Å². The third kappa shape index (κ3) is 2.44. The Morgan fingerprint density at radius 2 is 2.04 bits per heavy atom. The van der Waals surface area contributed by atoms with Gasteiger partial charge < -0.3 is 0 Å². The molecule has 116 valence electrons. The molecule has 6 nitrogen and oxygen atoms in total. The Kier molecular flexibility index (Phi) is 3.58. The summed E-state index contributed by atoms with van der Waals surface area (Å²) in [4.78, 5) is 24.7. The topological polar surface area (TPSA) is 61.3 Å². The summed E-state index contributed by atoms with van der Waals surface area (Å²) in [6.45, 7) is 3.40. The molecule has 0 amide bonds. The van der Waals surface area contributed by atoms with Gasteiger partial charge in [0.2, 0.25) is 5.65 Å². The Hall–Kier alpha value is -3.14. The fraction of sp³-hybridized carbons (Fsp3) is 0.188. The van der Waals surface area contributed by atoms with E-state index in [-0.39, 0.29) is 12.2 Å².